The fraction of sp³-hybridized carbons (Fsp3) is 0.294. The maximum Gasteiger partial charge on any atom is 0.315 e. The number of urea groups is 1. The molecular weight excluding hydrogens is 297 g/mol. The molecule has 0 saturated carbocycles. The number of hydrogen-bond donors (Lipinski definition) is 2. The first-order chi connectivity index (χ1) is 11.0. The molecule has 1 atom stereocenters. The van der Waals surface area contributed by atoms with Gasteiger partial charge in [0.2, 0.25) is 0 Å². The monoisotopic (exact) mass is 317 g/mol. The molecule has 1 aromatic carbocycles. The molecule has 1 aromatic heterocycles. The van der Waals surface area contributed by atoms with Gasteiger partial charge in [-0.15, -0.1) is 0 Å². The summed E-state index contributed by atoms with van der Waals surface area (Å²) in [5, 5.41) is 5.53. The Bertz CT molecular complexity index is 691. The van der Waals surface area contributed by atoms with Crippen molar-refractivity contribution in [3.63, 3.8) is 0 Å². The number of nitrogens with zero attached hydrogens (tertiary/aromatic N) is 1. The van der Waals surface area contributed by atoms with Crippen molar-refractivity contribution in [3.8, 4) is 5.75 Å². The lowest BCUT2D eigenvalue weighted by atomic mass is 10.1. The molecule has 0 aliphatic rings. The van der Waals surface area contributed by atoms with Gasteiger partial charge in [-0.3, -0.25) is 4.98 Å². The summed E-state index contributed by atoms with van der Waals surface area (Å²) in [6.45, 7) is 3.80. The zero-order valence-corrected chi connectivity index (χ0v) is 13.4. The predicted molar refractivity (Wildman–Crippen MR) is 85.7 cm³/mol. The maximum atomic E-state index is 13.5. The summed E-state index contributed by atoms with van der Waals surface area (Å²) >= 11 is 0. The summed E-state index contributed by atoms with van der Waals surface area (Å²) < 4.78 is 18.7. The first-order valence-electron chi connectivity index (χ1n) is 7.28. The smallest absolute Gasteiger partial charge is 0.315 e. The minimum absolute atomic E-state index is 0.247. The van der Waals surface area contributed by atoms with Crippen molar-refractivity contribution in [1.82, 2.24) is 15.6 Å². The first-order valence-corrected chi connectivity index (χ1v) is 7.28. The molecule has 5 nitrogen and oxygen atoms in total. The largest absolute Gasteiger partial charge is 0.495 e. The summed E-state index contributed by atoms with van der Waals surface area (Å²) in [6.07, 6.45) is 3.24. The van der Waals surface area contributed by atoms with E-state index in [2.05, 4.69) is 15.6 Å². The molecule has 0 bridgehead atoms. The van der Waals surface area contributed by atoms with Crippen molar-refractivity contribution < 1.29 is 13.9 Å². The number of carbonyl (C=O) groups is 1. The summed E-state index contributed by atoms with van der Waals surface area (Å²) in [5.41, 5.74) is 2.12. The van der Waals surface area contributed by atoms with Crippen molar-refractivity contribution in [2.75, 3.05) is 7.11 Å². The molecule has 2 aromatic rings. The quantitative estimate of drug-likeness (QED) is 0.890. The maximum absolute atomic E-state index is 13.5. The number of aromatic nitrogens is 1. The topological polar surface area (TPSA) is 63.2 Å². The molecule has 23 heavy (non-hydrogen) atoms. The van der Waals surface area contributed by atoms with Crippen LogP contribution in [0, 0.1) is 12.7 Å². The lowest BCUT2D eigenvalue weighted by Crippen LogP contribution is -2.36. The molecular formula is C17H20FN3O2. The van der Waals surface area contributed by atoms with Gasteiger partial charge in [0.05, 0.1) is 19.3 Å². The van der Waals surface area contributed by atoms with Gasteiger partial charge in [-0.2, -0.15) is 0 Å². The molecule has 0 unspecified atom stereocenters. The van der Waals surface area contributed by atoms with Crippen LogP contribution in [-0.4, -0.2) is 18.1 Å². The Balaban J connectivity index is 1.92. The normalized spacial score (nSPS) is 11.7. The van der Waals surface area contributed by atoms with Crippen molar-refractivity contribution in [2.24, 2.45) is 0 Å². The van der Waals surface area contributed by atoms with Crippen LogP contribution < -0.4 is 15.4 Å². The van der Waals surface area contributed by atoms with E-state index in [0.29, 0.717) is 16.9 Å². The highest BCUT2D eigenvalue weighted by Gasteiger charge is 2.13. The van der Waals surface area contributed by atoms with E-state index >= 15 is 0 Å². The highest BCUT2D eigenvalue weighted by atomic mass is 19.1. The van der Waals surface area contributed by atoms with E-state index in [-0.39, 0.29) is 24.4 Å². The fourth-order valence-electron chi connectivity index (χ4n) is 2.17. The number of ether oxygens (including phenoxy) is 1. The third kappa shape index (κ3) is 4.42. The third-order valence-corrected chi connectivity index (χ3v) is 3.54. The van der Waals surface area contributed by atoms with Gasteiger partial charge in [-0.1, -0.05) is 12.1 Å². The molecule has 2 N–H and O–H groups in total. The number of aryl methyl sites for hydroxylation is 1. The summed E-state index contributed by atoms with van der Waals surface area (Å²) in [6, 6.07) is 6.10. The summed E-state index contributed by atoms with van der Waals surface area (Å²) in [5.74, 6) is 0.334. The molecule has 2 amide bonds. The molecule has 1 heterocycles. The Morgan fingerprint density at radius 1 is 1.39 bits per heavy atom. The van der Waals surface area contributed by atoms with Crippen LogP contribution in [0.3, 0.4) is 0 Å². The average Bonchev–Trinajstić information content (AvgIpc) is 2.55. The number of carbonyl (C=O) groups excluding carboxylic acids is 1. The Morgan fingerprint density at radius 3 is 2.87 bits per heavy atom. The summed E-state index contributed by atoms with van der Waals surface area (Å²) in [4.78, 5) is 16.0. The van der Waals surface area contributed by atoms with Crippen LogP contribution in [-0.2, 0) is 6.54 Å². The number of pyridine rings is 1. The standard InChI is InChI=1S/C17H20FN3O2/c1-11-4-5-13(8-15(11)18)9-20-17(22)21-12(2)14-6-7-19-10-16(14)23-3/h4-8,10,12H,9H2,1-3H3,(H2,20,21,22)/t12-/m1/s1. The van der Waals surface area contributed by atoms with Crippen molar-refractivity contribution in [1.29, 1.82) is 0 Å². The molecule has 0 fully saturated rings. The lowest BCUT2D eigenvalue weighted by Gasteiger charge is -2.17. The Hall–Kier alpha value is -2.63. The van der Waals surface area contributed by atoms with E-state index < -0.39 is 0 Å². The molecule has 122 valence electrons. The van der Waals surface area contributed by atoms with Crippen LogP contribution in [0.25, 0.3) is 0 Å². The zero-order chi connectivity index (χ0) is 16.8. The second-order valence-electron chi connectivity index (χ2n) is 5.25. The molecule has 0 spiro atoms. The van der Waals surface area contributed by atoms with Gasteiger partial charge in [-0.05, 0) is 37.1 Å². The van der Waals surface area contributed by atoms with E-state index in [1.807, 2.05) is 6.92 Å². The number of halogens is 1. The summed E-state index contributed by atoms with van der Waals surface area (Å²) in [7, 11) is 1.55. The Morgan fingerprint density at radius 2 is 2.17 bits per heavy atom. The van der Waals surface area contributed by atoms with Gasteiger partial charge >= 0.3 is 6.03 Å². The van der Waals surface area contributed by atoms with Crippen LogP contribution >= 0.6 is 0 Å². The van der Waals surface area contributed by atoms with E-state index in [1.165, 1.54) is 6.07 Å². The highest BCUT2D eigenvalue weighted by Crippen LogP contribution is 2.23. The van der Waals surface area contributed by atoms with Gasteiger partial charge < -0.3 is 15.4 Å². The zero-order valence-electron chi connectivity index (χ0n) is 13.4. The number of rotatable bonds is 5. The molecule has 0 aliphatic carbocycles. The number of amides is 2. The van der Waals surface area contributed by atoms with Gasteiger partial charge in [0, 0.05) is 18.3 Å². The molecule has 0 radical (unpaired) electrons. The Kier molecular flexibility index (Phi) is 5.51. The van der Waals surface area contributed by atoms with E-state index in [1.54, 1.807) is 44.6 Å². The number of benzene rings is 1. The highest BCUT2D eigenvalue weighted by molar-refractivity contribution is 5.74. The Labute approximate surface area is 134 Å². The van der Waals surface area contributed by atoms with Crippen LogP contribution in [0.15, 0.2) is 36.7 Å². The van der Waals surface area contributed by atoms with Crippen LogP contribution in [0.4, 0.5) is 9.18 Å². The fourth-order valence-corrected chi connectivity index (χ4v) is 2.17. The van der Waals surface area contributed by atoms with E-state index in [0.717, 1.165) is 5.56 Å². The number of hydrogen-bond acceptors (Lipinski definition) is 3. The third-order valence-electron chi connectivity index (χ3n) is 3.54. The van der Waals surface area contributed by atoms with Gasteiger partial charge in [0.25, 0.3) is 0 Å². The minimum Gasteiger partial charge on any atom is -0.495 e. The van der Waals surface area contributed by atoms with Crippen LogP contribution in [0.2, 0.25) is 0 Å². The molecule has 2 rings (SSSR count). The lowest BCUT2D eigenvalue weighted by molar-refractivity contribution is 0.237. The second kappa shape index (κ2) is 7.58. The first kappa shape index (κ1) is 16.7. The van der Waals surface area contributed by atoms with Crippen molar-refractivity contribution in [3.05, 3.63) is 59.2 Å². The molecule has 6 heteroatoms. The SMILES string of the molecule is COc1cnccc1[C@@H](C)NC(=O)NCc1ccc(C)c(F)c1. The van der Waals surface area contributed by atoms with E-state index in [9.17, 15) is 9.18 Å². The predicted octanol–water partition coefficient (Wildman–Crippen LogP) is 3.10. The average molecular weight is 317 g/mol. The van der Waals surface area contributed by atoms with E-state index in [4.69, 9.17) is 4.74 Å². The molecule has 0 saturated heterocycles. The second-order valence-corrected chi connectivity index (χ2v) is 5.25. The number of nitrogens with one attached hydrogen (secondary N) is 2. The van der Waals surface area contributed by atoms with Gasteiger partial charge in [0.15, 0.2) is 0 Å². The van der Waals surface area contributed by atoms with Crippen molar-refractivity contribution in [2.45, 2.75) is 26.4 Å². The van der Waals surface area contributed by atoms with Gasteiger partial charge in [-0.25, -0.2) is 9.18 Å². The van der Waals surface area contributed by atoms with Crippen LogP contribution in [0.1, 0.15) is 29.7 Å². The molecule has 0 aliphatic heterocycles. The van der Waals surface area contributed by atoms with Gasteiger partial charge in [0.1, 0.15) is 11.6 Å². The number of methoxy groups -OCH3 is 1. The minimum atomic E-state index is -0.336. The van der Waals surface area contributed by atoms with Crippen LogP contribution in [0.5, 0.6) is 5.75 Å². The van der Waals surface area contributed by atoms with Crippen molar-refractivity contribution >= 4 is 6.03 Å².